The first-order valence-electron chi connectivity index (χ1n) is 10.9. The molecular weight excluding hydrogens is 540 g/mol. The van der Waals surface area contributed by atoms with Crippen LogP contribution in [0.1, 0.15) is 6.42 Å². The second-order valence-corrected chi connectivity index (χ2v) is 11.8. The minimum absolute atomic E-state index is 0.0985. The van der Waals surface area contributed by atoms with Crippen molar-refractivity contribution < 1.29 is 32.6 Å². The average molecular weight is 563 g/mol. The molecule has 1 heterocycles. The number of aliphatic carboxylic acids is 1. The average Bonchev–Trinajstić information content (AvgIpc) is 3.29. The largest absolute Gasteiger partial charge is 0.497 e. The number of methoxy groups -OCH3 is 1. The number of benzene rings is 3. The number of nitrogens with two attached hydrogens (primary N) is 1. The number of aliphatic hydroxyl groups is 1. The molecule has 0 fully saturated rings. The third-order valence-electron chi connectivity index (χ3n) is 5.70. The number of rotatable bonds is 10. The van der Waals surface area contributed by atoms with Crippen molar-refractivity contribution in [3.05, 3.63) is 71.8 Å². The van der Waals surface area contributed by atoms with Gasteiger partial charge in [-0.15, -0.1) is 0 Å². The SMILES string of the molecule is COc1ccc(-c2ccc(S(=O)(=O)C(N)(CC(O)CSc3nc4ccc(Cl)cc4o3)C(=O)O)cc2)cc1. The number of carboxylic acids is 1. The maximum atomic E-state index is 13.3. The Morgan fingerprint density at radius 3 is 2.35 bits per heavy atom. The van der Waals surface area contributed by atoms with Crippen molar-refractivity contribution in [3.63, 3.8) is 0 Å². The summed E-state index contributed by atoms with van der Waals surface area (Å²) in [5.41, 5.74) is 8.49. The summed E-state index contributed by atoms with van der Waals surface area (Å²) in [6, 6.07) is 17.8. The molecule has 0 aliphatic heterocycles. The number of nitrogens with zero attached hydrogens (tertiary/aromatic N) is 1. The fraction of sp³-hybridized carbons (Fsp3) is 0.200. The van der Waals surface area contributed by atoms with Crippen molar-refractivity contribution in [2.45, 2.75) is 27.5 Å². The lowest BCUT2D eigenvalue weighted by Crippen LogP contribution is -2.56. The fourth-order valence-corrected chi connectivity index (χ4v) is 6.13. The van der Waals surface area contributed by atoms with E-state index in [0.717, 1.165) is 22.9 Å². The molecule has 4 rings (SSSR count). The lowest BCUT2D eigenvalue weighted by atomic mass is 10.1. The molecule has 3 aromatic carbocycles. The van der Waals surface area contributed by atoms with Crippen molar-refractivity contribution in [3.8, 4) is 16.9 Å². The number of hydrogen-bond acceptors (Lipinski definition) is 9. The number of hydrogen-bond donors (Lipinski definition) is 3. The molecule has 0 spiro atoms. The Balaban J connectivity index is 1.49. The van der Waals surface area contributed by atoms with E-state index in [1.165, 1.54) is 12.1 Å². The topological polar surface area (TPSA) is 153 Å². The van der Waals surface area contributed by atoms with Gasteiger partial charge in [-0.1, -0.05) is 47.6 Å². The molecule has 2 unspecified atom stereocenters. The maximum Gasteiger partial charge on any atom is 0.340 e. The number of thioether (sulfide) groups is 1. The molecule has 0 bridgehead atoms. The van der Waals surface area contributed by atoms with E-state index in [-0.39, 0.29) is 15.9 Å². The molecule has 0 saturated heterocycles. The van der Waals surface area contributed by atoms with E-state index >= 15 is 0 Å². The number of halogens is 1. The minimum Gasteiger partial charge on any atom is -0.497 e. The van der Waals surface area contributed by atoms with Crippen LogP contribution in [0.15, 0.2) is 81.3 Å². The summed E-state index contributed by atoms with van der Waals surface area (Å²) in [6.07, 6.45) is -2.14. The number of oxazole rings is 1. The van der Waals surface area contributed by atoms with Crippen LogP contribution in [0, 0.1) is 0 Å². The minimum atomic E-state index is -4.58. The van der Waals surface area contributed by atoms with E-state index in [9.17, 15) is 23.4 Å². The highest BCUT2D eigenvalue weighted by molar-refractivity contribution is 7.99. The first-order chi connectivity index (χ1) is 17.5. The summed E-state index contributed by atoms with van der Waals surface area (Å²) in [6.45, 7) is 0. The molecule has 12 heteroatoms. The van der Waals surface area contributed by atoms with Gasteiger partial charge in [0.1, 0.15) is 11.3 Å². The molecule has 1 aromatic heterocycles. The fourth-order valence-electron chi connectivity index (χ4n) is 3.65. The summed E-state index contributed by atoms with van der Waals surface area (Å²) in [4.78, 5) is 13.3. The van der Waals surface area contributed by atoms with E-state index < -0.39 is 33.2 Å². The zero-order chi connectivity index (χ0) is 26.8. The second-order valence-electron chi connectivity index (χ2n) is 8.21. The second kappa shape index (κ2) is 10.7. The van der Waals surface area contributed by atoms with Gasteiger partial charge in [0.2, 0.25) is 14.7 Å². The maximum absolute atomic E-state index is 13.3. The third kappa shape index (κ3) is 5.60. The number of sulfone groups is 1. The van der Waals surface area contributed by atoms with Gasteiger partial charge in [-0.3, -0.25) is 0 Å². The van der Waals surface area contributed by atoms with E-state index in [2.05, 4.69) is 4.98 Å². The Bertz CT molecular complexity index is 1520. The van der Waals surface area contributed by atoms with Gasteiger partial charge >= 0.3 is 5.97 Å². The molecule has 4 aromatic rings. The number of aromatic nitrogens is 1. The van der Waals surface area contributed by atoms with Gasteiger partial charge < -0.3 is 25.1 Å². The van der Waals surface area contributed by atoms with Crippen molar-refractivity contribution in [1.82, 2.24) is 4.98 Å². The molecule has 4 N–H and O–H groups in total. The van der Waals surface area contributed by atoms with Crippen LogP contribution in [0.25, 0.3) is 22.2 Å². The molecule has 0 aliphatic rings. The van der Waals surface area contributed by atoms with Gasteiger partial charge in [-0.25, -0.2) is 18.2 Å². The molecule has 0 amide bonds. The molecule has 2 atom stereocenters. The first kappa shape index (κ1) is 27.0. The van der Waals surface area contributed by atoms with Crippen molar-refractivity contribution in [2.75, 3.05) is 12.9 Å². The van der Waals surface area contributed by atoms with Crippen molar-refractivity contribution >= 4 is 50.3 Å². The van der Waals surface area contributed by atoms with Crippen LogP contribution in [-0.2, 0) is 14.6 Å². The molecule has 37 heavy (non-hydrogen) atoms. The van der Waals surface area contributed by atoms with Crippen LogP contribution in [0.2, 0.25) is 5.02 Å². The third-order valence-corrected chi connectivity index (χ3v) is 9.10. The van der Waals surface area contributed by atoms with Crippen LogP contribution in [0.5, 0.6) is 5.75 Å². The number of carboxylic acid groups (broad SMARTS) is 1. The van der Waals surface area contributed by atoms with Gasteiger partial charge in [0.25, 0.3) is 5.22 Å². The predicted octanol–water partition coefficient (Wildman–Crippen LogP) is 4.21. The standard InChI is InChI=1S/C25H23ClN2O7S2/c1-34-19-7-2-15(3-8-19)16-4-9-20(10-5-16)37(32,33)25(27,23(30)31)13-18(29)14-36-24-28-21-11-6-17(26)12-22(21)35-24/h2-12,18,29H,13-14,27H2,1H3,(H,30,31). The van der Waals surface area contributed by atoms with Gasteiger partial charge in [0.15, 0.2) is 5.58 Å². The van der Waals surface area contributed by atoms with Crippen molar-refractivity contribution in [2.24, 2.45) is 5.73 Å². The summed E-state index contributed by atoms with van der Waals surface area (Å²) >= 11 is 6.93. The Morgan fingerprint density at radius 2 is 1.76 bits per heavy atom. The monoisotopic (exact) mass is 562 g/mol. The Morgan fingerprint density at radius 1 is 1.14 bits per heavy atom. The van der Waals surface area contributed by atoms with Crippen LogP contribution in [-0.4, -0.2) is 53.4 Å². The molecule has 0 aliphatic carbocycles. The Kier molecular flexibility index (Phi) is 7.81. The molecule has 194 valence electrons. The van der Waals surface area contributed by atoms with Crippen LogP contribution < -0.4 is 10.5 Å². The zero-order valence-electron chi connectivity index (χ0n) is 19.5. The smallest absolute Gasteiger partial charge is 0.340 e. The summed E-state index contributed by atoms with van der Waals surface area (Å²) in [5.74, 6) is -1.19. The first-order valence-corrected chi connectivity index (χ1v) is 13.8. The number of carbonyl (C=O) groups is 1. The van der Waals surface area contributed by atoms with E-state index in [1.54, 1.807) is 49.6 Å². The Hall–Kier alpha value is -3.09. The summed E-state index contributed by atoms with van der Waals surface area (Å²) in [7, 11) is -3.02. The number of ether oxygens (including phenoxy) is 1. The highest BCUT2D eigenvalue weighted by atomic mass is 35.5. The van der Waals surface area contributed by atoms with Crippen LogP contribution in [0.3, 0.4) is 0 Å². The molecule has 0 radical (unpaired) electrons. The molecular formula is C25H23ClN2O7S2. The van der Waals surface area contributed by atoms with E-state index in [1.807, 2.05) is 12.1 Å². The normalized spacial score (nSPS) is 14.3. The molecule has 9 nitrogen and oxygen atoms in total. The van der Waals surface area contributed by atoms with E-state index in [4.69, 9.17) is 26.5 Å². The van der Waals surface area contributed by atoms with Gasteiger partial charge in [-0.2, -0.15) is 0 Å². The Labute approximate surface area is 222 Å². The lowest BCUT2D eigenvalue weighted by Gasteiger charge is -2.27. The summed E-state index contributed by atoms with van der Waals surface area (Å²) < 4.78 is 37.3. The molecule has 0 saturated carbocycles. The highest BCUT2D eigenvalue weighted by Gasteiger charge is 2.49. The van der Waals surface area contributed by atoms with Crippen LogP contribution >= 0.6 is 23.4 Å². The predicted molar refractivity (Wildman–Crippen MR) is 141 cm³/mol. The number of aliphatic hydroxyl groups excluding tert-OH is 1. The van der Waals surface area contributed by atoms with Gasteiger partial charge in [0.05, 0.1) is 18.1 Å². The van der Waals surface area contributed by atoms with Gasteiger partial charge in [0, 0.05) is 23.3 Å². The van der Waals surface area contributed by atoms with Crippen molar-refractivity contribution in [1.29, 1.82) is 0 Å². The quantitative estimate of drug-likeness (QED) is 0.239. The van der Waals surface area contributed by atoms with Crippen LogP contribution in [0.4, 0.5) is 0 Å². The number of fused-ring (bicyclic) bond motifs is 1. The van der Waals surface area contributed by atoms with Gasteiger partial charge in [-0.05, 0) is 47.5 Å². The van der Waals surface area contributed by atoms with E-state index in [0.29, 0.717) is 21.9 Å². The highest BCUT2D eigenvalue weighted by Crippen LogP contribution is 2.31. The summed E-state index contributed by atoms with van der Waals surface area (Å²) in [5, 5.41) is 21.0. The lowest BCUT2D eigenvalue weighted by molar-refractivity contribution is -0.140. The zero-order valence-corrected chi connectivity index (χ0v) is 21.9.